The summed E-state index contributed by atoms with van der Waals surface area (Å²) in [4.78, 5) is 24.4. The molecule has 0 heterocycles. The van der Waals surface area contributed by atoms with Crippen molar-refractivity contribution in [1.82, 2.24) is 9.62 Å². The number of benzene rings is 2. The van der Waals surface area contributed by atoms with Gasteiger partial charge in [0.2, 0.25) is 10.0 Å². The summed E-state index contributed by atoms with van der Waals surface area (Å²) in [6.07, 6.45) is 0. The Balaban J connectivity index is 2.00. The van der Waals surface area contributed by atoms with Crippen molar-refractivity contribution in [3.63, 3.8) is 0 Å². The second-order valence-electron chi connectivity index (χ2n) is 6.39. The number of ether oxygens (including phenoxy) is 1. The molecule has 0 aliphatic heterocycles. The van der Waals surface area contributed by atoms with E-state index >= 15 is 0 Å². The van der Waals surface area contributed by atoms with Crippen LogP contribution in [0.5, 0.6) is 0 Å². The van der Waals surface area contributed by atoms with E-state index in [0.717, 1.165) is 5.56 Å². The average Bonchev–Trinajstić information content (AvgIpc) is 2.73. The Bertz CT molecular complexity index is 941. The van der Waals surface area contributed by atoms with Gasteiger partial charge in [-0.15, -0.1) is 0 Å². The van der Waals surface area contributed by atoms with E-state index < -0.39 is 28.5 Å². The topological polar surface area (TPSA) is 92.8 Å². The van der Waals surface area contributed by atoms with Crippen molar-refractivity contribution in [2.24, 2.45) is 0 Å². The van der Waals surface area contributed by atoms with Gasteiger partial charge in [0.05, 0.1) is 16.5 Å². The van der Waals surface area contributed by atoms with E-state index in [1.165, 1.54) is 28.6 Å². The van der Waals surface area contributed by atoms with E-state index in [9.17, 15) is 18.0 Å². The maximum atomic E-state index is 12.6. The lowest BCUT2D eigenvalue weighted by Gasteiger charge is -2.18. The summed E-state index contributed by atoms with van der Waals surface area (Å²) in [5, 5.41) is 2.75. The predicted molar refractivity (Wildman–Crippen MR) is 110 cm³/mol. The van der Waals surface area contributed by atoms with Crippen LogP contribution in [0.3, 0.4) is 0 Å². The SMILES string of the molecule is CCN(CC)S(=O)(=O)c1cccc(C(=O)OCC(=O)N[C@H](C)c2ccccc2)c1. The molecular weight excluding hydrogens is 392 g/mol. The lowest BCUT2D eigenvalue weighted by molar-refractivity contribution is -0.124. The second-order valence-corrected chi connectivity index (χ2v) is 8.33. The molecular formula is C21H26N2O5S. The molecule has 0 saturated carbocycles. The van der Waals surface area contributed by atoms with Crippen molar-refractivity contribution >= 4 is 21.9 Å². The number of carbonyl (C=O) groups is 2. The first-order chi connectivity index (χ1) is 13.8. The Morgan fingerprint density at radius 3 is 2.31 bits per heavy atom. The zero-order chi connectivity index (χ0) is 21.4. The normalized spacial score (nSPS) is 12.4. The molecule has 0 aromatic heterocycles. The number of nitrogens with one attached hydrogen (secondary N) is 1. The van der Waals surface area contributed by atoms with Crippen molar-refractivity contribution in [3.8, 4) is 0 Å². The van der Waals surface area contributed by atoms with Gasteiger partial charge in [0.25, 0.3) is 5.91 Å². The van der Waals surface area contributed by atoms with E-state index in [1.54, 1.807) is 13.8 Å². The van der Waals surface area contributed by atoms with Crippen LogP contribution in [0.25, 0.3) is 0 Å². The largest absolute Gasteiger partial charge is 0.452 e. The maximum absolute atomic E-state index is 12.6. The van der Waals surface area contributed by atoms with Gasteiger partial charge in [0.1, 0.15) is 0 Å². The number of rotatable bonds is 9. The summed E-state index contributed by atoms with van der Waals surface area (Å²) in [6.45, 7) is 5.52. The first-order valence-corrected chi connectivity index (χ1v) is 10.8. The maximum Gasteiger partial charge on any atom is 0.338 e. The Labute approximate surface area is 171 Å². The molecule has 1 atom stereocenters. The number of hydrogen-bond acceptors (Lipinski definition) is 5. The van der Waals surface area contributed by atoms with E-state index in [-0.39, 0.29) is 16.5 Å². The van der Waals surface area contributed by atoms with Crippen molar-refractivity contribution in [1.29, 1.82) is 0 Å². The zero-order valence-electron chi connectivity index (χ0n) is 16.8. The fraction of sp³-hybridized carbons (Fsp3) is 0.333. The Morgan fingerprint density at radius 1 is 1.03 bits per heavy atom. The number of hydrogen-bond donors (Lipinski definition) is 1. The van der Waals surface area contributed by atoms with Gasteiger partial charge in [-0.25, -0.2) is 13.2 Å². The van der Waals surface area contributed by atoms with Crippen molar-refractivity contribution in [2.45, 2.75) is 31.7 Å². The first kappa shape index (κ1) is 22.6. The van der Waals surface area contributed by atoms with Crippen molar-refractivity contribution in [3.05, 3.63) is 65.7 Å². The molecule has 7 nitrogen and oxygen atoms in total. The fourth-order valence-electron chi connectivity index (χ4n) is 2.82. The minimum Gasteiger partial charge on any atom is -0.452 e. The number of amides is 1. The molecule has 8 heteroatoms. The third kappa shape index (κ3) is 5.88. The standard InChI is InChI=1S/C21H26N2O5S/c1-4-23(5-2)29(26,27)19-13-9-12-18(14-19)21(25)28-15-20(24)22-16(3)17-10-7-6-8-11-17/h6-14,16H,4-5,15H2,1-3H3,(H,22,24)/t16-/m1/s1. The molecule has 156 valence electrons. The summed E-state index contributed by atoms with van der Waals surface area (Å²) >= 11 is 0. The molecule has 0 bridgehead atoms. The highest BCUT2D eigenvalue weighted by Gasteiger charge is 2.23. The quantitative estimate of drug-likeness (QED) is 0.632. The van der Waals surface area contributed by atoms with Crippen molar-refractivity contribution < 1.29 is 22.7 Å². The minimum absolute atomic E-state index is 0.0119. The van der Waals surface area contributed by atoms with Gasteiger partial charge in [-0.1, -0.05) is 50.2 Å². The molecule has 0 unspecified atom stereocenters. The van der Waals surface area contributed by atoms with Gasteiger partial charge < -0.3 is 10.1 Å². The summed E-state index contributed by atoms with van der Waals surface area (Å²) in [6, 6.07) is 14.8. The molecule has 0 spiro atoms. The lowest BCUT2D eigenvalue weighted by atomic mass is 10.1. The molecule has 2 rings (SSSR count). The van der Waals surface area contributed by atoms with Crippen LogP contribution in [0, 0.1) is 0 Å². The Kier molecular flexibility index (Phi) is 7.92. The minimum atomic E-state index is -3.69. The molecule has 2 aromatic rings. The molecule has 0 radical (unpaired) electrons. The van der Waals surface area contributed by atoms with Crippen LogP contribution in [0.2, 0.25) is 0 Å². The Morgan fingerprint density at radius 2 is 1.69 bits per heavy atom. The van der Waals surface area contributed by atoms with Crippen LogP contribution in [-0.4, -0.2) is 44.3 Å². The predicted octanol–water partition coefficient (Wildman–Crippen LogP) is 2.75. The summed E-state index contributed by atoms with van der Waals surface area (Å²) in [7, 11) is -3.69. The molecule has 2 aromatic carbocycles. The Hall–Kier alpha value is -2.71. The van der Waals surface area contributed by atoms with E-state index in [2.05, 4.69) is 5.32 Å². The summed E-state index contributed by atoms with van der Waals surface area (Å²) in [5.41, 5.74) is 1.00. The monoisotopic (exact) mass is 418 g/mol. The molecule has 0 aliphatic carbocycles. The van der Waals surface area contributed by atoms with Gasteiger partial charge in [0, 0.05) is 13.1 Å². The molecule has 0 fully saturated rings. The summed E-state index contributed by atoms with van der Waals surface area (Å²) < 4.78 is 31.6. The van der Waals surface area contributed by atoms with Crippen LogP contribution in [0.15, 0.2) is 59.5 Å². The number of esters is 1. The van der Waals surface area contributed by atoms with Crippen molar-refractivity contribution in [2.75, 3.05) is 19.7 Å². The molecule has 1 amide bonds. The highest BCUT2D eigenvalue weighted by atomic mass is 32.2. The molecule has 0 saturated heterocycles. The third-order valence-electron chi connectivity index (χ3n) is 4.42. The number of nitrogens with zero attached hydrogens (tertiary/aromatic N) is 1. The number of carbonyl (C=O) groups excluding carboxylic acids is 2. The zero-order valence-corrected chi connectivity index (χ0v) is 17.6. The first-order valence-electron chi connectivity index (χ1n) is 9.41. The van der Waals surface area contributed by atoms with Crippen LogP contribution in [0.4, 0.5) is 0 Å². The van der Waals surface area contributed by atoms with Crippen LogP contribution < -0.4 is 5.32 Å². The number of sulfonamides is 1. The molecule has 0 aliphatic rings. The smallest absolute Gasteiger partial charge is 0.338 e. The highest BCUT2D eigenvalue weighted by Crippen LogP contribution is 2.17. The van der Waals surface area contributed by atoms with Gasteiger partial charge >= 0.3 is 5.97 Å². The average molecular weight is 419 g/mol. The van der Waals surface area contributed by atoms with E-state index in [4.69, 9.17) is 4.74 Å². The fourth-order valence-corrected chi connectivity index (χ4v) is 4.32. The van der Waals surface area contributed by atoms with E-state index in [0.29, 0.717) is 13.1 Å². The molecule has 1 N–H and O–H groups in total. The van der Waals surface area contributed by atoms with E-state index in [1.807, 2.05) is 37.3 Å². The highest BCUT2D eigenvalue weighted by molar-refractivity contribution is 7.89. The van der Waals surface area contributed by atoms with Gasteiger partial charge in [-0.3, -0.25) is 4.79 Å². The molecule has 29 heavy (non-hydrogen) atoms. The second kappa shape index (κ2) is 10.2. The third-order valence-corrected chi connectivity index (χ3v) is 6.47. The van der Waals surface area contributed by atoms with Crippen LogP contribution in [-0.2, 0) is 19.6 Å². The van der Waals surface area contributed by atoms with Gasteiger partial charge in [-0.2, -0.15) is 4.31 Å². The lowest BCUT2D eigenvalue weighted by Crippen LogP contribution is -2.31. The van der Waals surface area contributed by atoms with Gasteiger partial charge in [-0.05, 0) is 30.7 Å². The summed E-state index contributed by atoms with van der Waals surface area (Å²) in [5.74, 6) is -1.20. The van der Waals surface area contributed by atoms with Crippen LogP contribution >= 0.6 is 0 Å². The van der Waals surface area contributed by atoms with Crippen LogP contribution in [0.1, 0.15) is 42.7 Å². The van der Waals surface area contributed by atoms with Gasteiger partial charge in [0.15, 0.2) is 6.61 Å².